The highest BCUT2D eigenvalue weighted by Gasteiger charge is 2.36. The number of fused-ring (bicyclic) bond motifs is 3. The Bertz CT molecular complexity index is 1260. The molecule has 0 N–H and O–H groups in total. The van der Waals surface area contributed by atoms with Crippen LogP contribution in [0.5, 0.6) is 0 Å². The van der Waals surface area contributed by atoms with E-state index < -0.39 is 7.14 Å². The van der Waals surface area contributed by atoms with Gasteiger partial charge in [-0.25, -0.2) is 4.99 Å². The molecule has 3 heterocycles. The number of amides is 1. The predicted octanol–water partition coefficient (Wildman–Crippen LogP) is 3.98. The van der Waals surface area contributed by atoms with Crippen LogP contribution in [0.2, 0.25) is 5.02 Å². The molecule has 0 spiro atoms. The van der Waals surface area contributed by atoms with Crippen LogP contribution >= 0.6 is 18.7 Å². The molecule has 7 nitrogen and oxygen atoms in total. The van der Waals surface area contributed by atoms with Crippen molar-refractivity contribution in [3.8, 4) is 0 Å². The van der Waals surface area contributed by atoms with Crippen molar-refractivity contribution < 1.29 is 9.36 Å². The number of halogens is 1. The van der Waals surface area contributed by atoms with Crippen LogP contribution in [0.15, 0.2) is 70.4 Å². The number of anilines is 1. The van der Waals surface area contributed by atoms with Crippen molar-refractivity contribution in [3.05, 3.63) is 76.6 Å². The number of aliphatic imine (C=N–C) groups is 2. The van der Waals surface area contributed by atoms with Gasteiger partial charge in [-0.1, -0.05) is 41.9 Å². The molecule has 0 saturated carbocycles. The Morgan fingerprint density at radius 1 is 1.06 bits per heavy atom. The molecule has 1 saturated heterocycles. The van der Waals surface area contributed by atoms with E-state index in [1.807, 2.05) is 62.0 Å². The number of piperazine rings is 1. The first-order valence-electron chi connectivity index (χ1n) is 11.3. The zero-order valence-corrected chi connectivity index (χ0v) is 21.0. The molecule has 176 valence electrons. The van der Waals surface area contributed by atoms with E-state index in [-0.39, 0.29) is 5.91 Å². The first-order chi connectivity index (χ1) is 16.3. The van der Waals surface area contributed by atoms with E-state index in [1.54, 1.807) is 11.0 Å². The van der Waals surface area contributed by atoms with Crippen LogP contribution in [0.4, 0.5) is 5.69 Å². The molecule has 0 aliphatic carbocycles. The Labute approximate surface area is 204 Å². The minimum absolute atomic E-state index is 0.155. The Kier molecular flexibility index (Phi) is 6.19. The van der Waals surface area contributed by atoms with Crippen LogP contribution in [0.1, 0.15) is 11.1 Å². The van der Waals surface area contributed by atoms with E-state index >= 15 is 0 Å². The van der Waals surface area contributed by atoms with Gasteiger partial charge in [0.05, 0.1) is 31.4 Å². The Morgan fingerprint density at radius 2 is 1.79 bits per heavy atom. The lowest BCUT2D eigenvalue weighted by Gasteiger charge is -2.34. The van der Waals surface area contributed by atoms with Crippen molar-refractivity contribution in [2.45, 2.75) is 0 Å². The fourth-order valence-corrected chi connectivity index (χ4v) is 5.98. The predicted molar refractivity (Wildman–Crippen MR) is 139 cm³/mol. The van der Waals surface area contributed by atoms with Crippen LogP contribution in [-0.4, -0.2) is 79.6 Å². The highest BCUT2D eigenvalue weighted by atomic mass is 35.5. The Hall–Kier alpha value is -2.73. The third kappa shape index (κ3) is 4.74. The molecular weight excluding hydrogens is 469 g/mol. The van der Waals surface area contributed by atoms with Gasteiger partial charge in [-0.3, -0.25) is 19.6 Å². The molecule has 1 amide bonds. The summed E-state index contributed by atoms with van der Waals surface area (Å²) in [5, 5.41) is 0.590. The summed E-state index contributed by atoms with van der Waals surface area (Å²) >= 11 is 6.34. The number of benzene rings is 2. The van der Waals surface area contributed by atoms with E-state index in [4.69, 9.17) is 16.6 Å². The maximum Gasteiger partial charge on any atom is 0.284 e. The molecule has 0 bridgehead atoms. The first kappa shape index (κ1) is 23.0. The largest absolute Gasteiger partial charge is 0.373 e. The molecule has 3 aliphatic rings. The van der Waals surface area contributed by atoms with Crippen molar-refractivity contribution in [1.29, 1.82) is 0 Å². The van der Waals surface area contributed by atoms with Crippen molar-refractivity contribution in [1.82, 2.24) is 9.80 Å². The first-order valence-corrected chi connectivity index (χ1v) is 14.5. The summed E-state index contributed by atoms with van der Waals surface area (Å²) in [4.78, 5) is 29.0. The van der Waals surface area contributed by atoms with Gasteiger partial charge in [-0.2, -0.15) is 0 Å². The smallest absolute Gasteiger partial charge is 0.284 e. The fraction of sp³-hybridized carbons (Fsp3) is 0.320. The van der Waals surface area contributed by atoms with E-state index in [1.165, 1.54) is 0 Å². The Balaban J connectivity index is 1.43. The molecule has 0 radical (unpaired) electrons. The van der Waals surface area contributed by atoms with Crippen molar-refractivity contribution >= 4 is 41.9 Å². The highest BCUT2D eigenvalue weighted by molar-refractivity contribution is 7.62. The third-order valence-corrected chi connectivity index (χ3v) is 7.38. The molecule has 0 unspecified atom stereocenters. The second-order valence-corrected chi connectivity index (χ2v) is 13.1. The molecular formula is C25H27ClN5O2P. The molecule has 9 heteroatoms. The van der Waals surface area contributed by atoms with E-state index in [9.17, 15) is 9.36 Å². The topological polar surface area (TPSA) is 68.6 Å². The number of carbonyl (C=O) groups excluding carboxylic acids is 1. The van der Waals surface area contributed by atoms with E-state index in [0.717, 1.165) is 48.7 Å². The molecule has 34 heavy (non-hydrogen) atoms. The van der Waals surface area contributed by atoms with Crippen molar-refractivity contribution in [3.63, 3.8) is 0 Å². The molecule has 0 atom stereocenters. The zero-order valence-electron chi connectivity index (χ0n) is 19.3. The number of hydrogen-bond donors (Lipinski definition) is 0. The van der Waals surface area contributed by atoms with Crippen LogP contribution < -0.4 is 4.90 Å². The summed E-state index contributed by atoms with van der Waals surface area (Å²) in [6, 6.07) is 15.4. The maximum absolute atomic E-state index is 13.5. The molecule has 3 aliphatic heterocycles. The van der Waals surface area contributed by atoms with Crippen LogP contribution in [0, 0.1) is 0 Å². The summed E-state index contributed by atoms with van der Waals surface area (Å²) in [5.41, 5.74) is 3.74. The maximum atomic E-state index is 13.5. The fourth-order valence-electron chi connectivity index (χ4n) is 4.57. The van der Waals surface area contributed by atoms with Crippen molar-refractivity contribution in [2.24, 2.45) is 9.98 Å². The standard InChI is InChI=1S/C25H27ClN5O2P/c1-34(2,33)17-30-12-10-29(11-13-30)16-21-25(32)31-22-9-8-19(26)14-20(22)24(27-15-23(31)28-21)18-6-4-3-5-7-18/h3-9,14,16H,10-13,15,17H2,1-2H3. The molecule has 2 aromatic rings. The lowest BCUT2D eigenvalue weighted by Crippen LogP contribution is -2.44. The lowest BCUT2D eigenvalue weighted by atomic mass is 10.00. The summed E-state index contributed by atoms with van der Waals surface area (Å²) in [6.45, 7) is 7.12. The zero-order chi connectivity index (χ0) is 23.9. The van der Waals surface area contributed by atoms with Crippen LogP contribution in [-0.2, 0) is 9.36 Å². The number of amidine groups is 1. The molecule has 1 fully saturated rings. The van der Waals surface area contributed by atoms with Gasteiger partial charge in [-0.15, -0.1) is 0 Å². The lowest BCUT2D eigenvalue weighted by molar-refractivity contribution is -0.114. The van der Waals surface area contributed by atoms with E-state index in [2.05, 4.69) is 14.8 Å². The van der Waals surface area contributed by atoms with Gasteiger partial charge in [-0.05, 0) is 31.5 Å². The SMILES string of the molecule is CP(C)(=O)CN1CCN(C=C2N=C3CN=C(c4ccccc4)c4cc(Cl)ccc4N3C2=O)CC1. The number of hydrogen-bond acceptors (Lipinski definition) is 6. The minimum Gasteiger partial charge on any atom is -0.373 e. The second-order valence-electron chi connectivity index (χ2n) is 9.24. The van der Waals surface area contributed by atoms with E-state index in [0.29, 0.717) is 29.4 Å². The summed E-state index contributed by atoms with van der Waals surface area (Å²) < 4.78 is 12.1. The average molecular weight is 496 g/mol. The third-order valence-electron chi connectivity index (χ3n) is 6.06. The van der Waals surface area contributed by atoms with Gasteiger partial charge in [0.25, 0.3) is 5.91 Å². The monoisotopic (exact) mass is 495 g/mol. The van der Waals surface area contributed by atoms with Gasteiger partial charge in [0.15, 0.2) is 0 Å². The minimum atomic E-state index is -2.09. The number of rotatable bonds is 4. The average Bonchev–Trinajstić information content (AvgIpc) is 3.00. The van der Waals surface area contributed by atoms with Gasteiger partial charge in [0, 0.05) is 48.5 Å². The highest BCUT2D eigenvalue weighted by Crippen LogP contribution is 2.37. The number of nitrogens with zero attached hydrogens (tertiary/aromatic N) is 5. The van der Waals surface area contributed by atoms with Gasteiger partial charge < -0.3 is 9.46 Å². The summed E-state index contributed by atoms with van der Waals surface area (Å²) in [7, 11) is -2.09. The van der Waals surface area contributed by atoms with Gasteiger partial charge in [0.2, 0.25) is 0 Å². The number of carbonyl (C=O) groups is 1. The Morgan fingerprint density at radius 3 is 2.50 bits per heavy atom. The normalized spacial score (nSPS) is 20.1. The van der Waals surface area contributed by atoms with Gasteiger partial charge >= 0.3 is 0 Å². The van der Waals surface area contributed by atoms with Crippen LogP contribution in [0.3, 0.4) is 0 Å². The van der Waals surface area contributed by atoms with Gasteiger partial charge in [0.1, 0.15) is 11.5 Å². The molecule has 2 aromatic carbocycles. The quantitative estimate of drug-likeness (QED) is 0.475. The van der Waals surface area contributed by atoms with Crippen LogP contribution in [0.25, 0.3) is 0 Å². The molecule has 0 aromatic heterocycles. The van der Waals surface area contributed by atoms with Crippen molar-refractivity contribution in [2.75, 3.05) is 57.2 Å². The summed E-state index contributed by atoms with van der Waals surface area (Å²) in [5.74, 6) is 0.458. The second kappa shape index (κ2) is 9.14. The summed E-state index contributed by atoms with van der Waals surface area (Å²) in [6.07, 6.45) is 2.49. The molecule has 5 rings (SSSR count).